The van der Waals surface area contributed by atoms with Crippen molar-refractivity contribution in [2.45, 2.75) is 13.3 Å². The zero-order valence-corrected chi connectivity index (χ0v) is 8.66. The third-order valence-corrected chi connectivity index (χ3v) is 1.74. The quantitative estimate of drug-likeness (QED) is 0.447. The molecule has 0 rings (SSSR count). The molecule has 0 bridgehead atoms. The largest absolute Gasteiger partial charge is 0.394 e. The Hall–Kier alpha value is -0.650. The van der Waals surface area contributed by atoms with E-state index in [-0.39, 0.29) is 18.4 Å². The van der Waals surface area contributed by atoms with Gasteiger partial charge in [0.2, 0.25) is 5.91 Å². The lowest BCUT2D eigenvalue weighted by Gasteiger charge is -2.08. The monoisotopic (exact) mass is 204 g/mol. The highest BCUT2D eigenvalue weighted by molar-refractivity contribution is 5.76. The molecule has 84 valence electrons. The van der Waals surface area contributed by atoms with Crippen LogP contribution in [0.3, 0.4) is 0 Å². The van der Waals surface area contributed by atoms with Crippen molar-refractivity contribution in [2.75, 3.05) is 32.9 Å². The molecule has 5 heteroatoms. The maximum absolute atomic E-state index is 11.2. The summed E-state index contributed by atoms with van der Waals surface area (Å²) >= 11 is 0. The number of aliphatic hydroxyl groups excluding tert-OH is 1. The zero-order valence-electron chi connectivity index (χ0n) is 8.66. The van der Waals surface area contributed by atoms with Crippen LogP contribution in [0.4, 0.5) is 0 Å². The minimum atomic E-state index is -0.00412. The lowest BCUT2D eigenvalue weighted by molar-refractivity contribution is -0.122. The van der Waals surface area contributed by atoms with Gasteiger partial charge in [-0.1, -0.05) is 6.92 Å². The van der Waals surface area contributed by atoms with Crippen LogP contribution in [0.15, 0.2) is 0 Å². The molecule has 0 aromatic carbocycles. The summed E-state index contributed by atoms with van der Waals surface area (Å²) in [5.41, 5.74) is 5.38. The standard InChI is InChI=1S/C9H20N2O3/c1-8(7-10)6-9(13)11-2-4-14-5-3-12/h8,12H,2-7,10H2,1H3,(H,11,13). The molecule has 0 aromatic rings. The first kappa shape index (κ1) is 13.4. The van der Waals surface area contributed by atoms with E-state index in [1.165, 1.54) is 0 Å². The number of carbonyl (C=O) groups is 1. The lowest BCUT2D eigenvalue weighted by atomic mass is 10.1. The Kier molecular flexibility index (Phi) is 8.51. The average molecular weight is 204 g/mol. The molecule has 0 aromatic heterocycles. The third-order valence-electron chi connectivity index (χ3n) is 1.74. The zero-order chi connectivity index (χ0) is 10.8. The summed E-state index contributed by atoms with van der Waals surface area (Å²) in [6.07, 6.45) is 0.455. The topological polar surface area (TPSA) is 84.6 Å². The number of aliphatic hydroxyl groups is 1. The molecular weight excluding hydrogens is 184 g/mol. The van der Waals surface area contributed by atoms with Crippen molar-refractivity contribution in [1.29, 1.82) is 0 Å². The van der Waals surface area contributed by atoms with Crippen molar-refractivity contribution in [2.24, 2.45) is 11.7 Å². The molecule has 0 heterocycles. The fourth-order valence-electron chi connectivity index (χ4n) is 0.901. The van der Waals surface area contributed by atoms with Gasteiger partial charge in [0.15, 0.2) is 0 Å². The summed E-state index contributed by atoms with van der Waals surface area (Å²) < 4.78 is 4.98. The second-order valence-electron chi connectivity index (χ2n) is 3.23. The molecule has 0 aliphatic rings. The Morgan fingerprint density at radius 2 is 2.29 bits per heavy atom. The van der Waals surface area contributed by atoms with Crippen LogP contribution in [0.1, 0.15) is 13.3 Å². The summed E-state index contributed by atoms with van der Waals surface area (Å²) in [7, 11) is 0. The number of carbonyl (C=O) groups excluding carboxylic acids is 1. The summed E-state index contributed by atoms with van der Waals surface area (Å²) in [4.78, 5) is 11.2. The van der Waals surface area contributed by atoms with Crippen molar-refractivity contribution in [1.82, 2.24) is 5.32 Å². The van der Waals surface area contributed by atoms with Crippen molar-refractivity contribution in [3.05, 3.63) is 0 Å². The van der Waals surface area contributed by atoms with Gasteiger partial charge in [-0.25, -0.2) is 0 Å². The molecule has 4 N–H and O–H groups in total. The van der Waals surface area contributed by atoms with Crippen LogP contribution in [0.5, 0.6) is 0 Å². The van der Waals surface area contributed by atoms with Gasteiger partial charge < -0.3 is 20.9 Å². The van der Waals surface area contributed by atoms with E-state index in [9.17, 15) is 4.79 Å². The van der Waals surface area contributed by atoms with Gasteiger partial charge in [-0.3, -0.25) is 4.79 Å². The minimum Gasteiger partial charge on any atom is -0.394 e. The summed E-state index contributed by atoms with van der Waals surface area (Å²) in [6, 6.07) is 0. The highest BCUT2D eigenvalue weighted by Gasteiger charge is 2.05. The van der Waals surface area contributed by atoms with E-state index < -0.39 is 0 Å². The van der Waals surface area contributed by atoms with Gasteiger partial charge in [0.25, 0.3) is 0 Å². The number of nitrogens with one attached hydrogen (secondary N) is 1. The van der Waals surface area contributed by atoms with E-state index in [2.05, 4.69) is 5.32 Å². The van der Waals surface area contributed by atoms with Gasteiger partial charge in [-0.15, -0.1) is 0 Å². The first-order valence-electron chi connectivity index (χ1n) is 4.86. The number of nitrogens with two attached hydrogens (primary N) is 1. The molecule has 0 radical (unpaired) electrons. The fraction of sp³-hybridized carbons (Fsp3) is 0.889. The van der Waals surface area contributed by atoms with Gasteiger partial charge in [0.05, 0.1) is 19.8 Å². The van der Waals surface area contributed by atoms with Crippen LogP contribution >= 0.6 is 0 Å². The van der Waals surface area contributed by atoms with Crippen LogP contribution in [-0.2, 0) is 9.53 Å². The SMILES string of the molecule is CC(CN)CC(=O)NCCOCCO. The summed E-state index contributed by atoms with van der Waals surface area (Å²) in [6.45, 7) is 3.70. The number of ether oxygens (including phenoxy) is 1. The molecule has 0 saturated carbocycles. The third kappa shape index (κ3) is 7.97. The van der Waals surface area contributed by atoms with Crippen LogP contribution < -0.4 is 11.1 Å². The number of hydrogen-bond acceptors (Lipinski definition) is 4. The number of rotatable bonds is 8. The molecule has 0 fully saturated rings. The highest BCUT2D eigenvalue weighted by atomic mass is 16.5. The van der Waals surface area contributed by atoms with E-state index in [0.29, 0.717) is 32.7 Å². The maximum atomic E-state index is 11.2. The molecule has 1 atom stereocenters. The maximum Gasteiger partial charge on any atom is 0.220 e. The van der Waals surface area contributed by atoms with Gasteiger partial charge in [0, 0.05) is 13.0 Å². The number of amides is 1. The van der Waals surface area contributed by atoms with Gasteiger partial charge in [-0.2, -0.15) is 0 Å². The molecule has 0 aliphatic carbocycles. The lowest BCUT2D eigenvalue weighted by Crippen LogP contribution is -2.30. The molecule has 0 aliphatic heterocycles. The predicted octanol–water partition coefficient (Wildman–Crippen LogP) is -0.904. The molecular formula is C9H20N2O3. The van der Waals surface area contributed by atoms with E-state index in [1.54, 1.807) is 0 Å². The molecule has 1 unspecified atom stereocenters. The molecule has 1 amide bonds. The molecule has 5 nitrogen and oxygen atoms in total. The van der Waals surface area contributed by atoms with Crippen LogP contribution in [-0.4, -0.2) is 43.9 Å². The predicted molar refractivity (Wildman–Crippen MR) is 53.7 cm³/mol. The average Bonchev–Trinajstić information content (AvgIpc) is 2.17. The van der Waals surface area contributed by atoms with Gasteiger partial charge in [-0.05, 0) is 12.5 Å². The van der Waals surface area contributed by atoms with E-state index in [0.717, 1.165) is 0 Å². The Balaban J connectivity index is 3.27. The van der Waals surface area contributed by atoms with E-state index in [4.69, 9.17) is 15.6 Å². The Morgan fingerprint density at radius 3 is 2.86 bits per heavy atom. The van der Waals surface area contributed by atoms with Gasteiger partial charge >= 0.3 is 0 Å². The minimum absolute atomic E-state index is 0.00412. The first-order valence-corrected chi connectivity index (χ1v) is 4.86. The number of hydrogen-bond donors (Lipinski definition) is 3. The van der Waals surface area contributed by atoms with Crippen LogP contribution in [0.2, 0.25) is 0 Å². The second-order valence-corrected chi connectivity index (χ2v) is 3.23. The highest BCUT2D eigenvalue weighted by Crippen LogP contribution is 1.97. The van der Waals surface area contributed by atoms with Crippen LogP contribution in [0.25, 0.3) is 0 Å². The second kappa shape index (κ2) is 8.93. The summed E-state index contributed by atoms with van der Waals surface area (Å²) in [5, 5.41) is 11.1. The van der Waals surface area contributed by atoms with Gasteiger partial charge in [0.1, 0.15) is 0 Å². The van der Waals surface area contributed by atoms with Crippen molar-refractivity contribution in [3.8, 4) is 0 Å². The fourth-order valence-corrected chi connectivity index (χ4v) is 0.901. The van der Waals surface area contributed by atoms with E-state index in [1.807, 2.05) is 6.92 Å². The normalized spacial score (nSPS) is 12.5. The first-order chi connectivity index (χ1) is 6.70. The Morgan fingerprint density at radius 1 is 1.57 bits per heavy atom. The molecule has 0 saturated heterocycles. The van der Waals surface area contributed by atoms with Crippen molar-refractivity contribution in [3.63, 3.8) is 0 Å². The Labute approximate surface area is 84.6 Å². The smallest absolute Gasteiger partial charge is 0.220 e. The van der Waals surface area contributed by atoms with E-state index >= 15 is 0 Å². The van der Waals surface area contributed by atoms with Crippen molar-refractivity contribution >= 4 is 5.91 Å². The molecule has 14 heavy (non-hydrogen) atoms. The molecule has 0 spiro atoms. The van der Waals surface area contributed by atoms with Crippen molar-refractivity contribution < 1.29 is 14.6 Å². The Bertz CT molecular complexity index is 153. The summed E-state index contributed by atoms with van der Waals surface area (Å²) in [5.74, 6) is 0.212. The van der Waals surface area contributed by atoms with Crippen LogP contribution in [0, 0.1) is 5.92 Å².